The fourth-order valence-corrected chi connectivity index (χ4v) is 4.45. The molecule has 0 aliphatic carbocycles. The Balaban J connectivity index is 1.25. The number of piperazine rings is 1. The Morgan fingerprint density at radius 3 is 2.72 bits per heavy atom. The molecule has 4 aromatic rings. The van der Waals surface area contributed by atoms with Crippen molar-refractivity contribution in [3.63, 3.8) is 0 Å². The lowest BCUT2D eigenvalue weighted by atomic mass is 10.1. The van der Waals surface area contributed by atoms with E-state index in [0.717, 1.165) is 22.8 Å². The van der Waals surface area contributed by atoms with Crippen molar-refractivity contribution in [3.8, 4) is 23.5 Å². The van der Waals surface area contributed by atoms with Crippen LogP contribution in [0.15, 0.2) is 49.1 Å². The van der Waals surface area contributed by atoms with Crippen LogP contribution in [0.1, 0.15) is 28.4 Å². The molecule has 1 unspecified atom stereocenters. The zero-order valence-corrected chi connectivity index (χ0v) is 19.3. The number of aromatic amines is 1. The van der Waals surface area contributed by atoms with Crippen LogP contribution < -0.4 is 0 Å². The molecule has 180 valence electrons. The highest BCUT2D eigenvalue weighted by Crippen LogP contribution is 2.25. The van der Waals surface area contributed by atoms with Crippen LogP contribution >= 0.6 is 0 Å². The highest BCUT2D eigenvalue weighted by Gasteiger charge is 2.26. The lowest BCUT2D eigenvalue weighted by Crippen LogP contribution is -2.50. The number of H-pyrrole nitrogens is 1. The molecule has 1 aromatic carbocycles. The number of carbonyl (C=O) groups excluding carboxylic acids is 1. The first-order valence-corrected chi connectivity index (χ1v) is 11.5. The highest BCUT2D eigenvalue weighted by molar-refractivity contribution is 5.94. The molecular weight excluding hydrogens is 461 g/mol. The van der Waals surface area contributed by atoms with Gasteiger partial charge in [-0.25, -0.2) is 14.4 Å². The number of rotatable bonds is 6. The number of fused-ring (bicyclic) bond motifs is 1. The molecular formula is C25H22FN9O. The second kappa shape index (κ2) is 9.94. The van der Waals surface area contributed by atoms with Crippen LogP contribution in [-0.2, 0) is 0 Å². The fourth-order valence-electron chi connectivity index (χ4n) is 4.45. The normalized spacial score (nSPS) is 14.9. The van der Waals surface area contributed by atoms with E-state index in [-0.39, 0.29) is 29.5 Å². The predicted molar refractivity (Wildman–Crippen MR) is 128 cm³/mol. The van der Waals surface area contributed by atoms with E-state index in [9.17, 15) is 14.4 Å². The number of hydrogen-bond donors (Lipinski definition) is 1. The number of hydrogen-bond acceptors (Lipinski definition) is 7. The number of nitrogens with zero attached hydrogens (tertiary/aromatic N) is 8. The Hall–Kier alpha value is -4.61. The minimum atomic E-state index is -0.689. The zero-order valence-electron chi connectivity index (χ0n) is 19.3. The SMILES string of the molecule is N#CCC(CN1CCN(C(=O)c2ccc(C#N)cc2F)CC1)n1ccc(-c2ncnc3[nH]ccc23)n1. The Morgan fingerprint density at radius 2 is 1.97 bits per heavy atom. The monoisotopic (exact) mass is 483 g/mol. The van der Waals surface area contributed by atoms with E-state index in [1.54, 1.807) is 15.8 Å². The maximum Gasteiger partial charge on any atom is 0.256 e. The van der Waals surface area contributed by atoms with Gasteiger partial charge < -0.3 is 9.88 Å². The molecule has 1 N–H and O–H groups in total. The average molecular weight is 484 g/mol. The van der Waals surface area contributed by atoms with Crippen LogP contribution in [-0.4, -0.2) is 73.2 Å². The molecule has 36 heavy (non-hydrogen) atoms. The maximum atomic E-state index is 14.3. The summed E-state index contributed by atoms with van der Waals surface area (Å²) in [7, 11) is 0. The van der Waals surface area contributed by atoms with E-state index in [0.29, 0.717) is 38.4 Å². The molecule has 1 atom stereocenters. The summed E-state index contributed by atoms with van der Waals surface area (Å²) < 4.78 is 16.1. The number of nitrogens with one attached hydrogen (secondary N) is 1. The van der Waals surface area contributed by atoms with E-state index in [1.807, 2.05) is 24.4 Å². The van der Waals surface area contributed by atoms with Crippen LogP contribution in [0.5, 0.6) is 0 Å². The molecule has 0 bridgehead atoms. The Labute approximate surface area is 206 Å². The van der Waals surface area contributed by atoms with E-state index in [1.165, 1.54) is 18.5 Å². The number of carbonyl (C=O) groups is 1. The average Bonchev–Trinajstić information content (AvgIpc) is 3.58. The van der Waals surface area contributed by atoms with Gasteiger partial charge >= 0.3 is 0 Å². The molecule has 1 amide bonds. The van der Waals surface area contributed by atoms with E-state index in [4.69, 9.17) is 10.4 Å². The van der Waals surface area contributed by atoms with Gasteiger partial charge in [-0.3, -0.25) is 14.4 Å². The van der Waals surface area contributed by atoms with Gasteiger partial charge in [0.05, 0.1) is 35.7 Å². The minimum absolute atomic E-state index is 0.0323. The Bertz CT molecular complexity index is 1490. The van der Waals surface area contributed by atoms with Crippen LogP contribution in [0.4, 0.5) is 4.39 Å². The summed E-state index contributed by atoms with van der Waals surface area (Å²) in [5, 5.41) is 23.9. The summed E-state index contributed by atoms with van der Waals surface area (Å²) in [6, 6.07) is 11.6. The van der Waals surface area contributed by atoms with Gasteiger partial charge in [0, 0.05) is 50.5 Å². The second-order valence-electron chi connectivity index (χ2n) is 8.56. The lowest BCUT2D eigenvalue weighted by Gasteiger charge is -2.36. The van der Waals surface area contributed by atoms with Gasteiger partial charge in [0.15, 0.2) is 0 Å². The van der Waals surface area contributed by atoms with Crippen molar-refractivity contribution in [3.05, 3.63) is 66.0 Å². The lowest BCUT2D eigenvalue weighted by molar-refractivity contribution is 0.0613. The third kappa shape index (κ3) is 4.52. The van der Waals surface area contributed by atoms with Gasteiger partial charge in [-0.15, -0.1) is 0 Å². The Morgan fingerprint density at radius 1 is 1.14 bits per heavy atom. The molecule has 0 saturated carbocycles. The summed E-state index contributed by atoms with van der Waals surface area (Å²) in [4.78, 5) is 28.3. The van der Waals surface area contributed by atoms with Crippen molar-refractivity contribution in [2.75, 3.05) is 32.7 Å². The summed E-state index contributed by atoms with van der Waals surface area (Å²) in [5.41, 5.74) is 2.30. The van der Waals surface area contributed by atoms with Crippen molar-refractivity contribution in [1.29, 1.82) is 10.5 Å². The van der Waals surface area contributed by atoms with Crippen molar-refractivity contribution in [1.82, 2.24) is 34.5 Å². The zero-order chi connectivity index (χ0) is 25.1. The summed E-state index contributed by atoms with van der Waals surface area (Å²) in [5.74, 6) is -1.08. The number of halogens is 1. The van der Waals surface area contributed by atoms with Gasteiger partial charge in [0.2, 0.25) is 0 Å². The smallest absolute Gasteiger partial charge is 0.256 e. The van der Waals surface area contributed by atoms with Gasteiger partial charge in [0.1, 0.15) is 29.2 Å². The van der Waals surface area contributed by atoms with Crippen molar-refractivity contribution < 1.29 is 9.18 Å². The molecule has 0 spiro atoms. The van der Waals surface area contributed by atoms with Crippen molar-refractivity contribution in [2.24, 2.45) is 0 Å². The molecule has 10 nitrogen and oxygen atoms in total. The number of nitriles is 2. The molecule has 5 rings (SSSR count). The molecule has 1 saturated heterocycles. The highest BCUT2D eigenvalue weighted by atomic mass is 19.1. The summed E-state index contributed by atoms with van der Waals surface area (Å²) in [6.07, 6.45) is 5.42. The van der Waals surface area contributed by atoms with Crippen molar-refractivity contribution in [2.45, 2.75) is 12.5 Å². The van der Waals surface area contributed by atoms with E-state index < -0.39 is 5.82 Å². The second-order valence-corrected chi connectivity index (χ2v) is 8.56. The van der Waals surface area contributed by atoms with Crippen LogP contribution in [0.2, 0.25) is 0 Å². The third-order valence-electron chi connectivity index (χ3n) is 6.36. The fraction of sp³-hybridized carbons (Fsp3) is 0.280. The predicted octanol–water partition coefficient (Wildman–Crippen LogP) is 2.74. The van der Waals surface area contributed by atoms with Crippen LogP contribution in [0, 0.1) is 28.5 Å². The molecule has 0 radical (unpaired) electrons. The van der Waals surface area contributed by atoms with E-state index in [2.05, 4.69) is 25.9 Å². The number of benzene rings is 1. The molecule has 1 aliphatic rings. The minimum Gasteiger partial charge on any atom is -0.346 e. The van der Waals surface area contributed by atoms with Crippen molar-refractivity contribution >= 4 is 16.9 Å². The third-order valence-corrected chi connectivity index (χ3v) is 6.36. The Kier molecular flexibility index (Phi) is 6.39. The standard InChI is InChI=1S/C25H22FN9O/c26-21-13-17(14-28)1-2-19(21)25(36)34-11-9-33(10-12-34)15-18(3-6-27)35-8-5-22(32-35)23-20-4-7-29-24(20)31-16-30-23/h1-2,4-5,7-8,13,16,18H,3,9-12,15H2,(H,29,30,31). The maximum absolute atomic E-state index is 14.3. The first-order valence-electron chi connectivity index (χ1n) is 11.5. The summed E-state index contributed by atoms with van der Waals surface area (Å²) >= 11 is 0. The molecule has 1 aliphatic heterocycles. The molecule has 3 aromatic heterocycles. The molecule has 1 fully saturated rings. The topological polar surface area (TPSA) is 131 Å². The first-order chi connectivity index (χ1) is 17.6. The number of aromatic nitrogens is 5. The van der Waals surface area contributed by atoms with Gasteiger partial charge in [0.25, 0.3) is 5.91 Å². The largest absolute Gasteiger partial charge is 0.346 e. The van der Waals surface area contributed by atoms with Gasteiger partial charge in [-0.1, -0.05) is 0 Å². The van der Waals surface area contributed by atoms with Crippen LogP contribution in [0.25, 0.3) is 22.4 Å². The number of amides is 1. The summed E-state index contributed by atoms with van der Waals surface area (Å²) in [6.45, 7) is 2.65. The van der Waals surface area contributed by atoms with Crippen LogP contribution in [0.3, 0.4) is 0 Å². The van der Waals surface area contributed by atoms with Gasteiger partial charge in [-0.2, -0.15) is 15.6 Å². The quantitative estimate of drug-likeness (QED) is 0.446. The van der Waals surface area contributed by atoms with Gasteiger partial charge in [-0.05, 0) is 30.3 Å². The molecule has 4 heterocycles. The van der Waals surface area contributed by atoms with E-state index >= 15 is 0 Å². The first kappa shape index (κ1) is 23.1. The molecule has 11 heteroatoms.